The normalized spacial score (nSPS) is 11.5. The summed E-state index contributed by atoms with van der Waals surface area (Å²) in [5.74, 6) is -0.265. The summed E-state index contributed by atoms with van der Waals surface area (Å²) in [6, 6.07) is 5.17. The Bertz CT molecular complexity index is 464. The lowest BCUT2D eigenvalue weighted by Crippen LogP contribution is -2.25. The molecule has 1 aromatic carbocycles. The number of benzene rings is 1. The molecule has 90 valence electrons. The van der Waals surface area contributed by atoms with E-state index in [-0.39, 0.29) is 5.91 Å². The van der Waals surface area contributed by atoms with Crippen LogP contribution in [-0.2, 0) is 4.79 Å². The highest BCUT2D eigenvalue weighted by Crippen LogP contribution is 2.17. The Morgan fingerprint density at radius 1 is 1.53 bits per heavy atom. The molecule has 0 radical (unpaired) electrons. The highest BCUT2D eigenvalue weighted by Gasteiger charge is 2.15. The third kappa shape index (κ3) is 3.50. The van der Waals surface area contributed by atoms with Gasteiger partial charge < -0.3 is 5.32 Å². The standard InChI is InChI=1S/C12H16N4O/c1-4-10(15-16-13)12(17)14-11-7-8(2)5-6-9(11)3/h5-7,10H,4H2,1-3H3,(H,14,17)/t10-/m1/s1. The van der Waals surface area contributed by atoms with Crippen molar-refractivity contribution in [1.29, 1.82) is 0 Å². The van der Waals surface area contributed by atoms with Gasteiger partial charge in [-0.3, -0.25) is 4.79 Å². The Balaban J connectivity index is 2.86. The molecule has 0 fully saturated rings. The first-order valence-corrected chi connectivity index (χ1v) is 5.50. The first kappa shape index (κ1) is 13.1. The lowest BCUT2D eigenvalue weighted by atomic mass is 10.1. The topological polar surface area (TPSA) is 77.9 Å². The molecule has 0 aliphatic heterocycles. The zero-order valence-electron chi connectivity index (χ0n) is 10.3. The molecular formula is C12H16N4O. The van der Waals surface area contributed by atoms with Crippen LogP contribution in [0.15, 0.2) is 23.3 Å². The Kier molecular flexibility index (Phi) is 4.55. The number of hydrogen-bond donors (Lipinski definition) is 1. The van der Waals surface area contributed by atoms with Crippen molar-refractivity contribution in [2.24, 2.45) is 5.11 Å². The summed E-state index contributed by atoms with van der Waals surface area (Å²) in [4.78, 5) is 14.5. The number of amides is 1. The van der Waals surface area contributed by atoms with Gasteiger partial charge in [-0.25, -0.2) is 0 Å². The van der Waals surface area contributed by atoms with E-state index in [1.54, 1.807) is 0 Å². The van der Waals surface area contributed by atoms with Gasteiger partial charge in [0.05, 0.1) is 0 Å². The van der Waals surface area contributed by atoms with Gasteiger partial charge in [-0.05, 0) is 43.0 Å². The molecule has 1 rings (SSSR count). The van der Waals surface area contributed by atoms with Gasteiger partial charge in [0.2, 0.25) is 5.91 Å². The van der Waals surface area contributed by atoms with Gasteiger partial charge in [-0.2, -0.15) is 0 Å². The number of aryl methyl sites for hydroxylation is 2. The Morgan fingerprint density at radius 2 is 2.24 bits per heavy atom. The summed E-state index contributed by atoms with van der Waals surface area (Å²) >= 11 is 0. The van der Waals surface area contributed by atoms with Gasteiger partial charge in [-0.1, -0.05) is 24.2 Å². The fourth-order valence-electron chi connectivity index (χ4n) is 1.47. The van der Waals surface area contributed by atoms with Crippen molar-refractivity contribution in [3.05, 3.63) is 39.8 Å². The van der Waals surface area contributed by atoms with Gasteiger partial charge in [0.25, 0.3) is 0 Å². The number of hydrogen-bond acceptors (Lipinski definition) is 2. The van der Waals surface area contributed by atoms with Gasteiger partial charge in [0.1, 0.15) is 6.04 Å². The molecule has 1 aromatic rings. The number of nitrogens with one attached hydrogen (secondary N) is 1. The van der Waals surface area contributed by atoms with E-state index < -0.39 is 6.04 Å². The first-order chi connectivity index (χ1) is 8.08. The van der Waals surface area contributed by atoms with Crippen molar-refractivity contribution in [3.63, 3.8) is 0 Å². The fourth-order valence-corrected chi connectivity index (χ4v) is 1.47. The summed E-state index contributed by atoms with van der Waals surface area (Å²) in [5.41, 5.74) is 11.2. The van der Waals surface area contributed by atoms with E-state index in [4.69, 9.17) is 5.53 Å². The molecule has 0 aliphatic rings. The lowest BCUT2D eigenvalue weighted by molar-refractivity contribution is -0.117. The van der Waals surface area contributed by atoms with Crippen molar-refractivity contribution in [2.45, 2.75) is 33.2 Å². The molecule has 1 N–H and O–H groups in total. The number of carbonyl (C=O) groups is 1. The minimum Gasteiger partial charge on any atom is -0.325 e. The second-order valence-corrected chi connectivity index (χ2v) is 3.94. The summed E-state index contributed by atoms with van der Waals surface area (Å²) < 4.78 is 0. The fraction of sp³-hybridized carbons (Fsp3) is 0.417. The van der Waals surface area contributed by atoms with Crippen LogP contribution in [0.5, 0.6) is 0 Å². The molecule has 5 nitrogen and oxygen atoms in total. The number of azide groups is 1. The van der Waals surface area contributed by atoms with E-state index in [2.05, 4.69) is 15.3 Å². The van der Waals surface area contributed by atoms with Crippen LogP contribution in [0.1, 0.15) is 24.5 Å². The van der Waals surface area contributed by atoms with Crippen LogP contribution < -0.4 is 5.32 Å². The average Bonchev–Trinajstić information content (AvgIpc) is 2.30. The summed E-state index contributed by atoms with van der Waals surface area (Å²) in [6.45, 7) is 5.69. The largest absolute Gasteiger partial charge is 0.325 e. The number of nitrogens with zero attached hydrogens (tertiary/aromatic N) is 3. The van der Waals surface area contributed by atoms with Crippen LogP contribution in [0, 0.1) is 13.8 Å². The van der Waals surface area contributed by atoms with Crippen LogP contribution in [0.4, 0.5) is 5.69 Å². The third-order valence-electron chi connectivity index (χ3n) is 2.53. The van der Waals surface area contributed by atoms with E-state index in [0.29, 0.717) is 6.42 Å². The Hall–Kier alpha value is -2.00. The first-order valence-electron chi connectivity index (χ1n) is 5.50. The molecule has 1 amide bonds. The highest BCUT2D eigenvalue weighted by atomic mass is 16.2. The zero-order chi connectivity index (χ0) is 12.8. The molecule has 17 heavy (non-hydrogen) atoms. The predicted molar refractivity (Wildman–Crippen MR) is 67.8 cm³/mol. The van der Waals surface area contributed by atoms with Crippen LogP contribution >= 0.6 is 0 Å². The highest BCUT2D eigenvalue weighted by molar-refractivity contribution is 5.95. The smallest absolute Gasteiger partial charge is 0.233 e. The van der Waals surface area contributed by atoms with Crippen LogP contribution in [-0.4, -0.2) is 11.9 Å². The maximum atomic E-state index is 11.8. The minimum atomic E-state index is -0.653. The molecule has 0 saturated carbocycles. The van der Waals surface area contributed by atoms with Gasteiger partial charge in [0, 0.05) is 10.6 Å². The van der Waals surface area contributed by atoms with Gasteiger partial charge in [-0.15, -0.1) is 0 Å². The van der Waals surface area contributed by atoms with Crippen LogP contribution in [0.2, 0.25) is 0 Å². The maximum absolute atomic E-state index is 11.8. The van der Waals surface area contributed by atoms with Crippen molar-refractivity contribution in [2.75, 3.05) is 5.32 Å². The summed E-state index contributed by atoms with van der Waals surface area (Å²) in [6.07, 6.45) is 0.487. The monoisotopic (exact) mass is 232 g/mol. The molecule has 5 heteroatoms. The van der Waals surface area contributed by atoms with Gasteiger partial charge >= 0.3 is 0 Å². The minimum absolute atomic E-state index is 0.265. The molecular weight excluding hydrogens is 216 g/mol. The molecule has 0 bridgehead atoms. The molecule has 0 spiro atoms. The third-order valence-corrected chi connectivity index (χ3v) is 2.53. The molecule has 0 saturated heterocycles. The van der Waals surface area contributed by atoms with E-state index >= 15 is 0 Å². The Labute approximate surface area is 100 Å². The lowest BCUT2D eigenvalue weighted by Gasteiger charge is -2.12. The molecule has 0 heterocycles. The quantitative estimate of drug-likeness (QED) is 0.482. The molecule has 0 aromatic heterocycles. The van der Waals surface area contributed by atoms with E-state index in [1.807, 2.05) is 39.0 Å². The van der Waals surface area contributed by atoms with E-state index in [9.17, 15) is 4.79 Å². The Morgan fingerprint density at radius 3 is 2.82 bits per heavy atom. The van der Waals surface area contributed by atoms with Crippen LogP contribution in [0.3, 0.4) is 0 Å². The second-order valence-electron chi connectivity index (χ2n) is 3.94. The SMILES string of the molecule is CC[C@@H](N=[N+]=[N-])C(=O)Nc1cc(C)ccc1C. The second kappa shape index (κ2) is 5.92. The average molecular weight is 232 g/mol. The van der Waals surface area contributed by atoms with Gasteiger partial charge in [0.15, 0.2) is 0 Å². The predicted octanol–water partition coefficient (Wildman–Crippen LogP) is 3.33. The zero-order valence-corrected chi connectivity index (χ0v) is 10.3. The van der Waals surface area contributed by atoms with Crippen molar-refractivity contribution in [3.8, 4) is 0 Å². The number of anilines is 1. The van der Waals surface area contributed by atoms with E-state index in [0.717, 1.165) is 16.8 Å². The number of rotatable bonds is 4. The van der Waals surface area contributed by atoms with Crippen LogP contribution in [0.25, 0.3) is 10.4 Å². The molecule has 0 unspecified atom stereocenters. The summed E-state index contributed by atoms with van der Waals surface area (Å²) in [5, 5.41) is 6.24. The molecule has 1 atom stereocenters. The van der Waals surface area contributed by atoms with Crippen molar-refractivity contribution in [1.82, 2.24) is 0 Å². The van der Waals surface area contributed by atoms with Crippen molar-refractivity contribution >= 4 is 11.6 Å². The van der Waals surface area contributed by atoms with Crippen molar-refractivity contribution < 1.29 is 4.79 Å². The maximum Gasteiger partial charge on any atom is 0.233 e. The molecule has 0 aliphatic carbocycles. The summed E-state index contributed by atoms with van der Waals surface area (Å²) in [7, 11) is 0. The number of carbonyl (C=O) groups excluding carboxylic acids is 1. The van der Waals surface area contributed by atoms with E-state index in [1.165, 1.54) is 0 Å².